The maximum atomic E-state index is 12.3. The number of hydrogen-bond donors (Lipinski definition) is 3. The molecule has 32 heavy (non-hydrogen) atoms. The van der Waals surface area contributed by atoms with E-state index in [9.17, 15) is 4.79 Å². The monoisotopic (exact) mass is 503 g/mol. The largest absolute Gasteiger partial charge is 0.379 e. The SMILES string of the molecule is O=C(Nc1cccc(Nc2ncc(Br)c(NCCCN3CCOCC3)n2)c1)N1CCCC1. The molecule has 2 aliphatic rings. The number of benzene rings is 1. The zero-order valence-corrected chi connectivity index (χ0v) is 19.7. The van der Waals surface area contributed by atoms with Gasteiger partial charge >= 0.3 is 6.03 Å². The average molecular weight is 504 g/mol. The molecular weight excluding hydrogens is 474 g/mol. The molecule has 2 fully saturated rings. The number of halogens is 1. The summed E-state index contributed by atoms with van der Waals surface area (Å²) < 4.78 is 6.21. The molecule has 0 radical (unpaired) electrons. The smallest absolute Gasteiger partial charge is 0.321 e. The molecule has 0 spiro atoms. The van der Waals surface area contributed by atoms with Crippen molar-refractivity contribution in [2.45, 2.75) is 19.3 Å². The number of urea groups is 1. The molecule has 172 valence electrons. The van der Waals surface area contributed by atoms with Crippen molar-refractivity contribution in [2.75, 3.05) is 68.4 Å². The molecule has 3 N–H and O–H groups in total. The highest BCUT2D eigenvalue weighted by atomic mass is 79.9. The predicted molar refractivity (Wildman–Crippen MR) is 130 cm³/mol. The number of nitrogens with zero attached hydrogens (tertiary/aromatic N) is 4. The number of rotatable bonds is 8. The van der Waals surface area contributed by atoms with Gasteiger partial charge in [0.1, 0.15) is 5.82 Å². The summed E-state index contributed by atoms with van der Waals surface area (Å²) in [6.45, 7) is 7.15. The molecule has 1 aromatic carbocycles. The fraction of sp³-hybridized carbons (Fsp3) is 0.500. The molecule has 9 nitrogen and oxygen atoms in total. The van der Waals surface area contributed by atoms with E-state index in [1.54, 1.807) is 6.20 Å². The maximum absolute atomic E-state index is 12.3. The van der Waals surface area contributed by atoms with E-state index in [1.807, 2.05) is 29.2 Å². The molecule has 0 saturated carbocycles. The second-order valence-electron chi connectivity index (χ2n) is 7.95. The zero-order chi connectivity index (χ0) is 22.2. The van der Waals surface area contributed by atoms with Crippen LogP contribution in [0.4, 0.5) is 27.9 Å². The van der Waals surface area contributed by atoms with Crippen molar-refractivity contribution < 1.29 is 9.53 Å². The van der Waals surface area contributed by atoms with E-state index < -0.39 is 0 Å². The average Bonchev–Trinajstić information content (AvgIpc) is 3.35. The number of nitrogens with one attached hydrogen (secondary N) is 3. The fourth-order valence-corrected chi connectivity index (χ4v) is 4.14. The van der Waals surface area contributed by atoms with Gasteiger partial charge in [-0.2, -0.15) is 4.98 Å². The van der Waals surface area contributed by atoms with Gasteiger partial charge in [-0.25, -0.2) is 9.78 Å². The number of amides is 2. The Bertz CT molecular complexity index is 902. The Hall–Kier alpha value is -2.43. The van der Waals surface area contributed by atoms with Crippen molar-refractivity contribution >= 4 is 45.1 Å². The summed E-state index contributed by atoms with van der Waals surface area (Å²) in [6, 6.07) is 7.53. The molecule has 0 aliphatic carbocycles. The first kappa shape index (κ1) is 22.8. The van der Waals surface area contributed by atoms with Crippen LogP contribution in [0.15, 0.2) is 34.9 Å². The molecule has 0 atom stereocenters. The maximum Gasteiger partial charge on any atom is 0.321 e. The summed E-state index contributed by atoms with van der Waals surface area (Å²) in [5.41, 5.74) is 1.55. The van der Waals surface area contributed by atoms with E-state index in [4.69, 9.17) is 4.74 Å². The lowest BCUT2D eigenvalue weighted by atomic mass is 10.3. The summed E-state index contributed by atoms with van der Waals surface area (Å²) in [5, 5.41) is 9.58. The van der Waals surface area contributed by atoms with E-state index in [1.165, 1.54) is 0 Å². The molecule has 2 saturated heterocycles. The van der Waals surface area contributed by atoms with Crippen molar-refractivity contribution in [2.24, 2.45) is 0 Å². The highest BCUT2D eigenvalue weighted by molar-refractivity contribution is 9.10. The number of anilines is 4. The summed E-state index contributed by atoms with van der Waals surface area (Å²) in [7, 11) is 0. The van der Waals surface area contributed by atoms with Gasteiger partial charge in [-0.15, -0.1) is 0 Å². The Morgan fingerprint density at radius 2 is 1.91 bits per heavy atom. The lowest BCUT2D eigenvalue weighted by molar-refractivity contribution is 0.0378. The van der Waals surface area contributed by atoms with Crippen LogP contribution < -0.4 is 16.0 Å². The summed E-state index contributed by atoms with van der Waals surface area (Å²) in [6.07, 6.45) is 4.90. The van der Waals surface area contributed by atoms with Crippen molar-refractivity contribution in [3.05, 3.63) is 34.9 Å². The van der Waals surface area contributed by atoms with Gasteiger partial charge in [-0.3, -0.25) is 4.90 Å². The molecule has 2 amide bonds. The summed E-state index contributed by atoms with van der Waals surface area (Å²) >= 11 is 3.52. The van der Waals surface area contributed by atoms with Crippen LogP contribution in [0.2, 0.25) is 0 Å². The van der Waals surface area contributed by atoms with E-state index >= 15 is 0 Å². The van der Waals surface area contributed by atoms with Crippen LogP contribution in [0, 0.1) is 0 Å². The highest BCUT2D eigenvalue weighted by Gasteiger charge is 2.17. The Morgan fingerprint density at radius 1 is 1.12 bits per heavy atom. The highest BCUT2D eigenvalue weighted by Crippen LogP contribution is 2.23. The first-order valence-electron chi connectivity index (χ1n) is 11.2. The zero-order valence-electron chi connectivity index (χ0n) is 18.1. The third-order valence-corrected chi connectivity index (χ3v) is 6.13. The Morgan fingerprint density at radius 3 is 2.72 bits per heavy atom. The van der Waals surface area contributed by atoms with E-state index in [0.29, 0.717) is 5.95 Å². The molecule has 4 rings (SSSR count). The third kappa shape index (κ3) is 6.54. The van der Waals surface area contributed by atoms with Gasteiger partial charge in [0.15, 0.2) is 0 Å². The minimum Gasteiger partial charge on any atom is -0.379 e. The first-order valence-corrected chi connectivity index (χ1v) is 12.0. The normalized spacial score (nSPS) is 16.7. The number of ether oxygens (including phenoxy) is 1. The first-order chi connectivity index (χ1) is 15.7. The second-order valence-corrected chi connectivity index (χ2v) is 8.81. The number of hydrogen-bond acceptors (Lipinski definition) is 7. The Balaban J connectivity index is 1.30. The number of carbonyl (C=O) groups excluding carboxylic acids is 1. The van der Waals surface area contributed by atoms with Crippen molar-refractivity contribution in [1.82, 2.24) is 19.8 Å². The quantitative estimate of drug-likeness (QED) is 0.472. The molecule has 1 aromatic heterocycles. The number of likely N-dealkylation sites (tertiary alicyclic amines) is 1. The van der Waals surface area contributed by atoms with Crippen molar-refractivity contribution in [1.29, 1.82) is 0 Å². The number of morpholine rings is 1. The minimum atomic E-state index is -0.0527. The third-order valence-electron chi connectivity index (χ3n) is 5.55. The van der Waals surface area contributed by atoms with Crippen LogP contribution in [-0.2, 0) is 4.74 Å². The minimum absolute atomic E-state index is 0.0527. The van der Waals surface area contributed by atoms with Gasteiger partial charge in [0.2, 0.25) is 5.95 Å². The molecule has 2 aromatic rings. The van der Waals surface area contributed by atoms with Crippen LogP contribution in [0.3, 0.4) is 0 Å². The summed E-state index contributed by atoms with van der Waals surface area (Å²) in [4.78, 5) is 25.6. The number of aromatic nitrogens is 2. The lowest BCUT2D eigenvalue weighted by Crippen LogP contribution is -2.37. The van der Waals surface area contributed by atoms with Crippen LogP contribution in [0.5, 0.6) is 0 Å². The van der Waals surface area contributed by atoms with Crippen LogP contribution in [0.25, 0.3) is 0 Å². The van der Waals surface area contributed by atoms with Gasteiger partial charge in [-0.1, -0.05) is 6.07 Å². The van der Waals surface area contributed by atoms with Gasteiger partial charge < -0.3 is 25.6 Å². The molecule has 3 heterocycles. The van der Waals surface area contributed by atoms with Crippen LogP contribution in [-0.4, -0.2) is 78.3 Å². The molecular formula is C22H30BrN7O2. The standard InChI is InChI=1S/C22H30BrN7O2/c23-19-16-25-21(28-20(19)24-7-4-8-29-11-13-32-14-12-29)26-17-5-3-6-18(15-17)27-22(31)30-9-1-2-10-30/h3,5-6,15-16H,1-2,4,7-14H2,(H,27,31)(H2,24,25,26,28). The topological polar surface area (TPSA) is 94.6 Å². The van der Waals surface area contributed by atoms with Gasteiger partial charge in [-0.05, 0) is 59.9 Å². The molecule has 0 bridgehead atoms. The van der Waals surface area contributed by atoms with E-state index in [-0.39, 0.29) is 6.03 Å². The molecule has 0 unspecified atom stereocenters. The van der Waals surface area contributed by atoms with Crippen LogP contribution >= 0.6 is 15.9 Å². The van der Waals surface area contributed by atoms with Gasteiger partial charge in [0, 0.05) is 50.3 Å². The van der Waals surface area contributed by atoms with E-state index in [2.05, 4.69) is 46.7 Å². The molecule has 2 aliphatic heterocycles. The molecule has 10 heteroatoms. The van der Waals surface area contributed by atoms with Gasteiger partial charge in [0.05, 0.1) is 17.7 Å². The van der Waals surface area contributed by atoms with Crippen LogP contribution in [0.1, 0.15) is 19.3 Å². The number of carbonyl (C=O) groups is 1. The Labute approximate surface area is 197 Å². The predicted octanol–water partition coefficient (Wildman–Crippen LogP) is 3.74. The van der Waals surface area contributed by atoms with E-state index in [0.717, 1.165) is 93.4 Å². The summed E-state index contributed by atoms with van der Waals surface area (Å²) in [5.74, 6) is 1.25. The fourth-order valence-electron chi connectivity index (χ4n) is 3.81. The van der Waals surface area contributed by atoms with Gasteiger partial charge in [0.25, 0.3) is 0 Å². The second kappa shape index (κ2) is 11.4. The lowest BCUT2D eigenvalue weighted by Gasteiger charge is -2.26. The van der Waals surface area contributed by atoms with Crippen molar-refractivity contribution in [3.63, 3.8) is 0 Å². The Kier molecular flexibility index (Phi) is 8.13. The van der Waals surface area contributed by atoms with Crippen molar-refractivity contribution in [3.8, 4) is 0 Å².